The number of hydrogen-bond acceptors (Lipinski definition) is 8. The Labute approximate surface area is 358 Å². The van der Waals surface area contributed by atoms with E-state index < -0.39 is 34.0 Å². The Bertz CT molecular complexity index is 1940. The Kier molecular flexibility index (Phi) is 24.3. The Morgan fingerprint density at radius 3 is 1.88 bits per heavy atom. The Morgan fingerprint density at radius 2 is 1.37 bits per heavy atom. The van der Waals surface area contributed by atoms with Gasteiger partial charge in [0.25, 0.3) is 0 Å². The summed E-state index contributed by atoms with van der Waals surface area (Å²) >= 11 is 0. The number of allylic oxidation sites excluding steroid dienone is 12. The maximum absolute atomic E-state index is 13.8. The zero-order chi connectivity index (χ0) is 44.3. The van der Waals surface area contributed by atoms with Gasteiger partial charge in [-0.2, -0.15) is 0 Å². The van der Waals surface area contributed by atoms with Gasteiger partial charge in [0.2, 0.25) is 27.8 Å². The molecule has 0 aliphatic rings. The highest BCUT2D eigenvalue weighted by molar-refractivity contribution is 7.92. The Balaban J connectivity index is 1.76. The lowest BCUT2D eigenvalue weighted by Crippen LogP contribution is -2.37. The average molecular weight is 848 g/mol. The molecule has 3 N–H and O–H groups in total. The zero-order valence-electron chi connectivity index (χ0n) is 36.2. The number of halogens is 1. The monoisotopic (exact) mass is 847 g/mol. The van der Waals surface area contributed by atoms with E-state index in [1.54, 1.807) is 18.0 Å². The number of amides is 2. The first-order chi connectivity index (χ1) is 28.6. The molecule has 1 heterocycles. The molecule has 11 nitrogen and oxygen atoms in total. The third kappa shape index (κ3) is 20.8. The fraction of sp³-hybridized carbons (Fsp3) is 0.447. The summed E-state index contributed by atoms with van der Waals surface area (Å²) in [4.78, 5) is 35.7. The summed E-state index contributed by atoms with van der Waals surface area (Å²) in [5.74, 6) is -1.16. The zero-order valence-corrected chi connectivity index (χ0v) is 37.0. The predicted molar refractivity (Wildman–Crippen MR) is 243 cm³/mol. The van der Waals surface area contributed by atoms with E-state index in [4.69, 9.17) is 0 Å². The van der Waals surface area contributed by atoms with Crippen molar-refractivity contribution in [3.63, 3.8) is 0 Å². The molecule has 0 spiro atoms. The second-order valence-corrected chi connectivity index (χ2v) is 16.7. The minimum absolute atomic E-state index is 0.0376. The molecular formula is C47H66FN5O6S. The van der Waals surface area contributed by atoms with Crippen LogP contribution in [0.1, 0.15) is 102 Å². The fourth-order valence-corrected chi connectivity index (χ4v) is 6.03. The van der Waals surface area contributed by atoms with Gasteiger partial charge < -0.3 is 20.4 Å². The molecule has 0 fully saturated rings. The van der Waals surface area contributed by atoms with Crippen LogP contribution in [0, 0.1) is 5.82 Å². The molecular weight excluding hydrogens is 782 g/mol. The van der Waals surface area contributed by atoms with Gasteiger partial charge >= 0.3 is 0 Å². The standard InChI is InChI=1S/C47H66FN5O6S/c1-7-8-9-10-11-12-13-14-15-16-17-18-19-20-21-22-23-24-25-26-44(57)52(4)34-33-49-43(56)36-41(55)35-40(54)31-32-42-45(37(2)3)50-47(53(5)60(6,58)59)51-46(42)38-27-29-39(48)30-28-38/h8-9,11-12,14-15,17-18,20-21,23-24,27-32,37,40-41,54-55H,7,10,13,16,19,22,25-26,33-36H2,1-6H3,(H,49,56)/t40-,41-/m1/s1. The number of carbonyl (C=O) groups excluding carboxylic acids is 2. The van der Waals surface area contributed by atoms with E-state index in [0.29, 0.717) is 41.9 Å². The molecule has 0 aliphatic heterocycles. The number of likely N-dealkylation sites (N-methyl/N-ethyl adjacent to an activating group) is 1. The third-order valence-corrected chi connectivity index (χ3v) is 10.3. The van der Waals surface area contributed by atoms with Crippen LogP contribution in [-0.4, -0.2) is 91.0 Å². The van der Waals surface area contributed by atoms with E-state index in [9.17, 15) is 32.6 Å². The second-order valence-electron chi connectivity index (χ2n) is 14.7. The van der Waals surface area contributed by atoms with Crippen LogP contribution in [0.25, 0.3) is 17.3 Å². The third-order valence-electron chi connectivity index (χ3n) is 9.14. The molecule has 0 bridgehead atoms. The summed E-state index contributed by atoms with van der Waals surface area (Å²) in [5, 5.41) is 24.1. The van der Waals surface area contributed by atoms with Crippen molar-refractivity contribution in [1.82, 2.24) is 20.2 Å². The van der Waals surface area contributed by atoms with E-state index in [-0.39, 0.29) is 37.2 Å². The van der Waals surface area contributed by atoms with Gasteiger partial charge in [-0.1, -0.05) is 106 Å². The van der Waals surface area contributed by atoms with Gasteiger partial charge in [0.15, 0.2) is 0 Å². The van der Waals surface area contributed by atoms with Crippen LogP contribution in [0.4, 0.5) is 10.3 Å². The highest BCUT2D eigenvalue weighted by atomic mass is 32.2. The van der Waals surface area contributed by atoms with Crippen molar-refractivity contribution in [2.45, 2.75) is 103 Å². The molecule has 328 valence electrons. The normalized spacial score (nSPS) is 13.7. The van der Waals surface area contributed by atoms with Crippen LogP contribution >= 0.6 is 0 Å². The van der Waals surface area contributed by atoms with Crippen molar-refractivity contribution < 1.29 is 32.6 Å². The molecule has 0 unspecified atom stereocenters. The van der Waals surface area contributed by atoms with E-state index in [2.05, 4.69) is 83.0 Å². The topological polar surface area (TPSA) is 153 Å². The molecule has 0 aliphatic carbocycles. The molecule has 0 saturated carbocycles. The smallest absolute Gasteiger partial charge is 0.239 e. The summed E-state index contributed by atoms with van der Waals surface area (Å²) in [6, 6.07) is 5.57. The number of aliphatic hydroxyl groups excluding tert-OH is 2. The number of anilines is 1. The molecule has 1 aromatic carbocycles. The van der Waals surface area contributed by atoms with Crippen LogP contribution in [0.3, 0.4) is 0 Å². The summed E-state index contributed by atoms with van der Waals surface area (Å²) in [6.45, 7) is 6.41. The van der Waals surface area contributed by atoms with Crippen molar-refractivity contribution in [3.8, 4) is 11.3 Å². The SMILES string of the molecule is CCC=CCC=CCC=CCC=CCC=CCC=CCCC(=O)N(C)CCNC(=O)C[C@H](O)C[C@H](O)C=Cc1c(-c2ccc(F)cc2)nc(N(C)S(C)(=O)=O)nc1C(C)C. The predicted octanol–water partition coefficient (Wildman–Crippen LogP) is 8.37. The van der Waals surface area contributed by atoms with Crippen molar-refractivity contribution in [1.29, 1.82) is 0 Å². The molecule has 2 aromatic rings. The van der Waals surface area contributed by atoms with Gasteiger partial charge in [0, 0.05) is 51.2 Å². The maximum Gasteiger partial charge on any atom is 0.239 e. The number of carbonyl (C=O) groups is 2. The molecule has 13 heteroatoms. The molecule has 2 rings (SSSR count). The highest BCUT2D eigenvalue weighted by Crippen LogP contribution is 2.32. The van der Waals surface area contributed by atoms with E-state index in [0.717, 1.165) is 49.1 Å². The van der Waals surface area contributed by atoms with Crippen molar-refractivity contribution in [2.75, 3.05) is 37.7 Å². The number of aliphatic hydroxyl groups is 2. The molecule has 2 atom stereocenters. The number of aromatic nitrogens is 2. The van der Waals surface area contributed by atoms with Gasteiger partial charge in [0.1, 0.15) is 5.82 Å². The minimum Gasteiger partial charge on any atom is -0.392 e. The summed E-state index contributed by atoms with van der Waals surface area (Å²) in [5.41, 5.74) is 1.83. The van der Waals surface area contributed by atoms with Crippen LogP contribution in [0.15, 0.2) is 103 Å². The number of rotatable bonds is 27. The van der Waals surface area contributed by atoms with Crippen molar-refractivity contribution in [3.05, 3.63) is 120 Å². The average Bonchev–Trinajstić information content (AvgIpc) is 3.20. The van der Waals surface area contributed by atoms with Crippen molar-refractivity contribution in [2.24, 2.45) is 0 Å². The number of nitrogens with zero attached hydrogens (tertiary/aromatic N) is 4. The van der Waals surface area contributed by atoms with Gasteiger partial charge in [-0.05, 0) is 75.1 Å². The highest BCUT2D eigenvalue weighted by Gasteiger charge is 2.23. The van der Waals surface area contributed by atoms with Gasteiger partial charge in [0.05, 0.1) is 36.3 Å². The number of nitrogens with one attached hydrogen (secondary N) is 1. The fourth-order valence-electron chi connectivity index (χ4n) is 5.66. The van der Waals surface area contributed by atoms with Crippen LogP contribution in [0.2, 0.25) is 0 Å². The second kappa shape index (κ2) is 28.5. The summed E-state index contributed by atoms with van der Waals surface area (Å²) in [7, 11) is -0.667. The largest absolute Gasteiger partial charge is 0.392 e. The van der Waals surface area contributed by atoms with Gasteiger partial charge in [-0.25, -0.2) is 27.1 Å². The number of hydrogen-bond donors (Lipinski definition) is 3. The Morgan fingerprint density at radius 1 is 0.833 bits per heavy atom. The molecule has 1 aromatic heterocycles. The van der Waals surface area contributed by atoms with Gasteiger partial charge in [-0.3, -0.25) is 9.59 Å². The molecule has 2 amide bonds. The van der Waals surface area contributed by atoms with E-state index >= 15 is 0 Å². The molecule has 0 radical (unpaired) electrons. The number of benzene rings is 1. The first-order valence-corrected chi connectivity index (χ1v) is 22.5. The lowest BCUT2D eigenvalue weighted by atomic mass is 9.97. The maximum atomic E-state index is 13.8. The molecule has 0 saturated heterocycles. The lowest BCUT2D eigenvalue weighted by molar-refractivity contribution is -0.130. The first-order valence-electron chi connectivity index (χ1n) is 20.7. The molecule has 60 heavy (non-hydrogen) atoms. The Hall–Kier alpha value is -4.98. The van der Waals surface area contributed by atoms with Crippen molar-refractivity contribution >= 4 is 33.9 Å². The summed E-state index contributed by atoms with van der Waals surface area (Å²) < 4.78 is 39.4. The quantitative estimate of drug-likeness (QED) is 0.0759. The van der Waals surface area contributed by atoms with Crippen LogP contribution in [-0.2, 0) is 19.6 Å². The van der Waals surface area contributed by atoms with Gasteiger partial charge in [-0.15, -0.1) is 0 Å². The first kappa shape index (κ1) is 51.2. The van der Waals surface area contributed by atoms with E-state index in [1.165, 1.54) is 37.4 Å². The van der Waals surface area contributed by atoms with E-state index in [1.807, 2.05) is 26.0 Å². The lowest BCUT2D eigenvalue weighted by Gasteiger charge is -2.20. The number of sulfonamides is 1. The van der Waals surface area contributed by atoms with Crippen LogP contribution < -0.4 is 9.62 Å². The summed E-state index contributed by atoms with van der Waals surface area (Å²) in [6.07, 6.45) is 33.7. The van der Waals surface area contributed by atoms with Crippen LogP contribution in [0.5, 0.6) is 0 Å². The minimum atomic E-state index is -3.69.